The molecule has 0 amide bonds. The Morgan fingerprint density at radius 2 is 1.92 bits per heavy atom. The van der Waals surface area contributed by atoms with Gasteiger partial charge >= 0.3 is 0 Å². The molecule has 1 atom stereocenters. The molecule has 0 aliphatic carbocycles. The molecule has 3 rings (SSSR count). The summed E-state index contributed by atoms with van der Waals surface area (Å²) in [7, 11) is 3.22. The highest BCUT2D eigenvalue weighted by atomic mass is 32.1. The number of nitrogens with zero attached hydrogens (tertiary/aromatic N) is 1. The van der Waals surface area contributed by atoms with Gasteiger partial charge in [0, 0.05) is 23.4 Å². The quantitative estimate of drug-likeness (QED) is 0.822. The van der Waals surface area contributed by atoms with Crippen molar-refractivity contribution in [3.63, 3.8) is 0 Å². The van der Waals surface area contributed by atoms with E-state index >= 15 is 0 Å². The molecule has 0 bridgehead atoms. The molecule has 1 aliphatic heterocycles. The van der Waals surface area contributed by atoms with Gasteiger partial charge in [-0.3, -0.25) is 0 Å². The third kappa shape index (κ3) is 3.55. The molecule has 132 valence electrons. The van der Waals surface area contributed by atoms with Crippen LogP contribution in [-0.2, 0) is 6.54 Å². The number of benzene rings is 2. The molecule has 6 heteroatoms. The Balaban J connectivity index is 1.86. The largest absolute Gasteiger partial charge is 0.496 e. The Bertz CT molecular complexity index is 794. The lowest BCUT2D eigenvalue weighted by atomic mass is 9.95. The van der Waals surface area contributed by atoms with E-state index in [2.05, 4.69) is 5.32 Å². The average molecular weight is 358 g/mol. The van der Waals surface area contributed by atoms with Gasteiger partial charge in [0.2, 0.25) is 0 Å². The van der Waals surface area contributed by atoms with Gasteiger partial charge in [0.25, 0.3) is 0 Å². The van der Waals surface area contributed by atoms with Gasteiger partial charge in [-0.05, 0) is 49.0 Å². The normalized spacial score (nSPS) is 16.2. The minimum Gasteiger partial charge on any atom is -0.496 e. The van der Waals surface area contributed by atoms with Gasteiger partial charge < -0.3 is 24.8 Å². The molecule has 0 spiro atoms. The summed E-state index contributed by atoms with van der Waals surface area (Å²) in [4.78, 5) is 1.94. The zero-order valence-corrected chi connectivity index (χ0v) is 15.4. The molecule has 2 aromatic carbocycles. The van der Waals surface area contributed by atoms with Gasteiger partial charge in [-0.2, -0.15) is 0 Å². The number of thiocarbonyl (C=S) groups is 1. The standard InChI is InChI=1S/C19H22N2O3S/c1-12-5-4-6-13(9-12)20-19(25)21-10-14-16(23-2)7-8-17(24-3)18(14)15(22)11-21/h4-9,15,22H,10-11H2,1-3H3,(H,20,25)/t15-/m1/s1. The second-order valence-corrected chi connectivity index (χ2v) is 6.44. The number of rotatable bonds is 3. The second-order valence-electron chi connectivity index (χ2n) is 6.06. The molecule has 2 N–H and O–H groups in total. The number of aliphatic hydroxyl groups is 1. The van der Waals surface area contributed by atoms with Crippen molar-refractivity contribution < 1.29 is 14.6 Å². The fraction of sp³-hybridized carbons (Fsp3) is 0.316. The minimum absolute atomic E-state index is 0.397. The summed E-state index contributed by atoms with van der Waals surface area (Å²) >= 11 is 5.55. The van der Waals surface area contributed by atoms with Gasteiger partial charge in [0.1, 0.15) is 17.6 Å². The van der Waals surface area contributed by atoms with E-state index in [-0.39, 0.29) is 0 Å². The molecule has 5 nitrogen and oxygen atoms in total. The Kier molecular flexibility index (Phi) is 5.11. The maximum atomic E-state index is 10.7. The van der Waals surface area contributed by atoms with Gasteiger partial charge in [-0.15, -0.1) is 0 Å². The fourth-order valence-electron chi connectivity index (χ4n) is 3.16. The number of aliphatic hydroxyl groups excluding tert-OH is 1. The molecule has 0 saturated heterocycles. The molecular weight excluding hydrogens is 336 g/mol. The molecule has 2 aromatic rings. The number of hydrogen-bond acceptors (Lipinski definition) is 4. The molecule has 0 radical (unpaired) electrons. The SMILES string of the molecule is COc1ccc(OC)c2c1CN(C(=S)Nc1cccc(C)c1)C[C@H]2O. The minimum atomic E-state index is -0.703. The van der Waals surface area contributed by atoms with Crippen LogP contribution in [0.3, 0.4) is 0 Å². The lowest BCUT2D eigenvalue weighted by Gasteiger charge is -2.35. The van der Waals surface area contributed by atoms with Crippen molar-refractivity contribution in [2.45, 2.75) is 19.6 Å². The van der Waals surface area contributed by atoms with Crippen LogP contribution >= 0.6 is 12.2 Å². The fourth-order valence-corrected chi connectivity index (χ4v) is 3.41. The highest BCUT2D eigenvalue weighted by Crippen LogP contribution is 2.39. The highest BCUT2D eigenvalue weighted by Gasteiger charge is 2.30. The molecule has 25 heavy (non-hydrogen) atoms. The van der Waals surface area contributed by atoms with Gasteiger partial charge in [0.15, 0.2) is 5.11 Å². The predicted octanol–water partition coefficient (Wildman–Crippen LogP) is 3.26. The third-order valence-electron chi connectivity index (χ3n) is 4.35. The Morgan fingerprint density at radius 1 is 1.20 bits per heavy atom. The van der Waals surface area contributed by atoms with Crippen LogP contribution in [0, 0.1) is 6.92 Å². The second kappa shape index (κ2) is 7.29. The first-order chi connectivity index (χ1) is 12.0. The smallest absolute Gasteiger partial charge is 0.173 e. The maximum absolute atomic E-state index is 10.7. The molecule has 0 aromatic heterocycles. The summed E-state index contributed by atoms with van der Waals surface area (Å²) in [5, 5.41) is 14.5. The average Bonchev–Trinajstić information content (AvgIpc) is 2.60. The zero-order chi connectivity index (χ0) is 18.0. The van der Waals surface area contributed by atoms with Crippen LogP contribution < -0.4 is 14.8 Å². The Labute approximate surface area is 153 Å². The van der Waals surface area contributed by atoms with Crippen LogP contribution in [0.15, 0.2) is 36.4 Å². The van der Waals surface area contributed by atoms with E-state index in [1.807, 2.05) is 48.2 Å². The lowest BCUT2D eigenvalue weighted by Crippen LogP contribution is -2.41. The van der Waals surface area contributed by atoms with Crippen LogP contribution in [0.25, 0.3) is 0 Å². The number of hydrogen-bond donors (Lipinski definition) is 2. The van der Waals surface area contributed by atoms with Gasteiger partial charge in [0.05, 0.1) is 20.8 Å². The van der Waals surface area contributed by atoms with E-state index in [9.17, 15) is 5.11 Å². The van der Waals surface area contributed by atoms with E-state index in [1.165, 1.54) is 0 Å². The van der Waals surface area contributed by atoms with Crippen LogP contribution in [-0.4, -0.2) is 35.9 Å². The Hall–Kier alpha value is -2.31. The van der Waals surface area contributed by atoms with E-state index in [0.29, 0.717) is 24.0 Å². The number of methoxy groups -OCH3 is 2. The van der Waals surface area contributed by atoms with Crippen LogP contribution in [0.5, 0.6) is 11.5 Å². The summed E-state index contributed by atoms with van der Waals surface area (Å²) in [5.74, 6) is 1.39. The number of ether oxygens (including phenoxy) is 2. The van der Waals surface area contributed by atoms with Gasteiger partial charge in [-0.1, -0.05) is 12.1 Å². The van der Waals surface area contributed by atoms with E-state index in [1.54, 1.807) is 14.2 Å². The van der Waals surface area contributed by atoms with E-state index < -0.39 is 6.10 Å². The maximum Gasteiger partial charge on any atom is 0.173 e. The summed E-state index contributed by atoms with van der Waals surface area (Å²) in [6, 6.07) is 11.7. The number of aryl methyl sites for hydroxylation is 1. The molecule has 1 heterocycles. The first kappa shape index (κ1) is 17.5. The first-order valence-corrected chi connectivity index (χ1v) is 8.48. The van der Waals surface area contributed by atoms with Gasteiger partial charge in [-0.25, -0.2) is 0 Å². The monoisotopic (exact) mass is 358 g/mol. The van der Waals surface area contributed by atoms with Crippen molar-refractivity contribution in [2.24, 2.45) is 0 Å². The predicted molar refractivity (Wildman–Crippen MR) is 102 cm³/mol. The molecule has 0 fully saturated rings. The summed E-state index contributed by atoms with van der Waals surface area (Å²) < 4.78 is 10.9. The Morgan fingerprint density at radius 3 is 2.60 bits per heavy atom. The zero-order valence-electron chi connectivity index (χ0n) is 14.6. The first-order valence-electron chi connectivity index (χ1n) is 8.08. The van der Waals surface area contributed by atoms with E-state index in [0.717, 1.165) is 28.1 Å². The number of nitrogens with one attached hydrogen (secondary N) is 1. The van der Waals surface area contributed by atoms with Crippen molar-refractivity contribution in [2.75, 3.05) is 26.1 Å². The van der Waals surface area contributed by atoms with Crippen LogP contribution in [0.1, 0.15) is 22.8 Å². The summed E-state index contributed by atoms with van der Waals surface area (Å²) in [5.41, 5.74) is 3.76. The molecular formula is C19H22N2O3S. The topological polar surface area (TPSA) is 54.0 Å². The molecule has 1 aliphatic rings. The van der Waals surface area contributed by atoms with Crippen molar-refractivity contribution in [3.8, 4) is 11.5 Å². The van der Waals surface area contributed by atoms with Crippen molar-refractivity contribution >= 4 is 23.0 Å². The van der Waals surface area contributed by atoms with E-state index in [4.69, 9.17) is 21.7 Å². The summed E-state index contributed by atoms with van der Waals surface area (Å²) in [6.07, 6.45) is -0.703. The summed E-state index contributed by atoms with van der Waals surface area (Å²) in [6.45, 7) is 2.98. The number of fused-ring (bicyclic) bond motifs is 1. The highest BCUT2D eigenvalue weighted by molar-refractivity contribution is 7.80. The van der Waals surface area contributed by atoms with Crippen LogP contribution in [0.4, 0.5) is 5.69 Å². The van der Waals surface area contributed by atoms with Crippen molar-refractivity contribution in [1.82, 2.24) is 4.90 Å². The van der Waals surface area contributed by atoms with Crippen molar-refractivity contribution in [3.05, 3.63) is 53.1 Å². The third-order valence-corrected chi connectivity index (χ3v) is 4.71. The number of anilines is 1. The van der Waals surface area contributed by atoms with Crippen molar-refractivity contribution in [1.29, 1.82) is 0 Å². The lowest BCUT2D eigenvalue weighted by molar-refractivity contribution is 0.123. The number of β-amino-alcohol motifs (C(OH)–C–C–N with tert-alkyl or cyclic N) is 1. The van der Waals surface area contributed by atoms with Crippen LogP contribution in [0.2, 0.25) is 0 Å². The molecule has 0 unspecified atom stereocenters. The molecule has 0 saturated carbocycles.